The summed E-state index contributed by atoms with van der Waals surface area (Å²) >= 11 is 0. The maximum Gasteiger partial charge on any atom is 0.124 e. The van der Waals surface area contributed by atoms with Gasteiger partial charge in [-0.3, -0.25) is 0 Å². The minimum atomic E-state index is -0.0551. The van der Waals surface area contributed by atoms with Gasteiger partial charge < -0.3 is 19.5 Å². The van der Waals surface area contributed by atoms with Crippen LogP contribution in [0.4, 0.5) is 0 Å². The van der Waals surface area contributed by atoms with Gasteiger partial charge in [-0.2, -0.15) is 0 Å². The monoisotopic (exact) mass is 281 g/mol. The number of para-hydroxylation sites is 1. The third-order valence-corrected chi connectivity index (χ3v) is 2.91. The molecule has 4 nitrogen and oxygen atoms in total. The van der Waals surface area contributed by atoms with Crippen molar-refractivity contribution in [3.8, 4) is 5.75 Å². The van der Waals surface area contributed by atoms with Crippen LogP contribution in [0.3, 0.4) is 0 Å². The Kier molecular flexibility index (Phi) is 6.99. The van der Waals surface area contributed by atoms with Crippen LogP contribution in [0.2, 0.25) is 0 Å². The summed E-state index contributed by atoms with van der Waals surface area (Å²) in [5.74, 6) is 0.852. The van der Waals surface area contributed by atoms with Crippen molar-refractivity contribution >= 4 is 0 Å². The molecular weight excluding hydrogens is 254 g/mol. The summed E-state index contributed by atoms with van der Waals surface area (Å²) in [6, 6.07) is 7.97. The lowest BCUT2D eigenvalue weighted by Crippen LogP contribution is -2.39. The Hall–Kier alpha value is -1.10. The van der Waals surface area contributed by atoms with Crippen LogP contribution in [0.5, 0.6) is 5.75 Å². The highest BCUT2D eigenvalue weighted by Crippen LogP contribution is 2.27. The van der Waals surface area contributed by atoms with E-state index in [1.807, 2.05) is 24.3 Å². The molecule has 0 aliphatic rings. The molecule has 0 aliphatic carbocycles. The van der Waals surface area contributed by atoms with Crippen LogP contribution in [0.15, 0.2) is 24.3 Å². The first-order chi connectivity index (χ1) is 9.48. The second-order valence-corrected chi connectivity index (χ2v) is 5.73. The van der Waals surface area contributed by atoms with E-state index >= 15 is 0 Å². The van der Waals surface area contributed by atoms with Gasteiger partial charge in [-0.1, -0.05) is 18.2 Å². The Bertz CT molecular complexity index is 388. The molecule has 0 amide bonds. The molecule has 1 aromatic carbocycles. The van der Waals surface area contributed by atoms with Crippen molar-refractivity contribution in [2.75, 3.05) is 34.0 Å². The van der Waals surface area contributed by atoms with Gasteiger partial charge in [0, 0.05) is 24.8 Å². The molecule has 0 aliphatic heterocycles. The summed E-state index contributed by atoms with van der Waals surface area (Å²) in [6.45, 7) is 8.30. The van der Waals surface area contributed by atoms with E-state index in [0.717, 1.165) is 17.9 Å². The van der Waals surface area contributed by atoms with Crippen LogP contribution in [0.1, 0.15) is 32.4 Å². The molecule has 0 aromatic heterocycles. The van der Waals surface area contributed by atoms with Crippen molar-refractivity contribution in [2.24, 2.45) is 0 Å². The molecule has 0 saturated carbocycles. The van der Waals surface area contributed by atoms with E-state index in [4.69, 9.17) is 14.2 Å². The molecular formula is C16H27NO3. The number of nitrogens with one attached hydrogen (secondary N) is 1. The third-order valence-electron chi connectivity index (χ3n) is 2.91. The van der Waals surface area contributed by atoms with Crippen LogP contribution in [-0.2, 0) is 9.47 Å². The second kappa shape index (κ2) is 8.25. The van der Waals surface area contributed by atoms with E-state index < -0.39 is 0 Å². The highest BCUT2D eigenvalue weighted by molar-refractivity contribution is 5.35. The fourth-order valence-corrected chi connectivity index (χ4v) is 1.86. The van der Waals surface area contributed by atoms with Gasteiger partial charge >= 0.3 is 0 Å². The number of hydrogen-bond donors (Lipinski definition) is 1. The smallest absolute Gasteiger partial charge is 0.124 e. The predicted octanol–water partition coefficient (Wildman–Crippen LogP) is 2.79. The lowest BCUT2D eigenvalue weighted by molar-refractivity contribution is 0.0129. The lowest BCUT2D eigenvalue weighted by Gasteiger charge is -2.26. The molecule has 0 fully saturated rings. The topological polar surface area (TPSA) is 39.7 Å². The van der Waals surface area contributed by atoms with E-state index in [0.29, 0.717) is 13.2 Å². The summed E-state index contributed by atoms with van der Waals surface area (Å²) in [4.78, 5) is 0. The maximum atomic E-state index is 5.94. The molecule has 4 heteroatoms. The van der Waals surface area contributed by atoms with E-state index in [9.17, 15) is 0 Å². The van der Waals surface area contributed by atoms with Gasteiger partial charge in [-0.15, -0.1) is 0 Å². The summed E-state index contributed by atoms with van der Waals surface area (Å²) < 4.78 is 16.4. The molecule has 0 bridgehead atoms. The Balaban J connectivity index is 2.79. The van der Waals surface area contributed by atoms with Crippen LogP contribution in [0, 0.1) is 0 Å². The van der Waals surface area contributed by atoms with Gasteiger partial charge in [0.15, 0.2) is 0 Å². The maximum absolute atomic E-state index is 5.94. The van der Waals surface area contributed by atoms with Crippen LogP contribution < -0.4 is 10.1 Å². The third kappa shape index (κ3) is 5.90. The minimum Gasteiger partial charge on any atom is -0.496 e. The Morgan fingerprint density at radius 1 is 1.10 bits per heavy atom. The molecule has 1 N–H and O–H groups in total. The normalized spacial score (nSPS) is 13.2. The first-order valence-electron chi connectivity index (χ1n) is 6.96. The largest absolute Gasteiger partial charge is 0.496 e. The van der Waals surface area contributed by atoms with Gasteiger partial charge in [0.1, 0.15) is 5.75 Å². The predicted molar refractivity (Wildman–Crippen MR) is 81.3 cm³/mol. The minimum absolute atomic E-state index is 0.0465. The van der Waals surface area contributed by atoms with Gasteiger partial charge in [0.05, 0.1) is 26.4 Å². The molecule has 114 valence electrons. The highest BCUT2D eigenvalue weighted by Gasteiger charge is 2.19. The molecule has 1 atom stereocenters. The number of benzene rings is 1. The van der Waals surface area contributed by atoms with Crippen molar-refractivity contribution in [1.29, 1.82) is 0 Å². The van der Waals surface area contributed by atoms with E-state index in [1.165, 1.54) is 0 Å². The lowest BCUT2D eigenvalue weighted by atomic mass is 10.1. The van der Waals surface area contributed by atoms with Gasteiger partial charge in [0.2, 0.25) is 0 Å². The Labute approximate surface area is 122 Å². The summed E-state index contributed by atoms with van der Waals surface area (Å²) in [5.41, 5.74) is 1.10. The second-order valence-electron chi connectivity index (χ2n) is 5.73. The standard InChI is InChI=1S/C16H27NO3/c1-16(2,3)17-12-15(20-11-10-18-4)13-8-6-7-9-14(13)19-5/h6-9,15,17H,10-12H2,1-5H3. The zero-order valence-corrected chi connectivity index (χ0v) is 13.2. The number of hydrogen-bond acceptors (Lipinski definition) is 4. The molecule has 1 unspecified atom stereocenters. The van der Waals surface area contributed by atoms with E-state index in [2.05, 4.69) is 26.1 Å². The van der Waals surface area contributed by atoms with Crippen molar-refractivity contribution in [3.05, 3.63) is 29.8 Å². The molecule has 20 heavy (non-hydrogen) atoms. The number of rotatable bonds is 8. The quantitative estimate of drug-likeness (QED) is 0.744. The first-order valence-corrected chi connectivity index (χ1v) is 6.96. The summed E-state index contributed by atoms with van der Waals surface area (Å²) in [5, 5.41) is 3.48. The van der Waals surface area contributed by atoms with Gasteiger partial charge in [-0.25, -0.2) is 0 Å². The molecule has 0 spiro atoms. The zero-order valence-electron chi connectivity index (χ0n) is 13.2. The molecule has 0 radical (unpaired) electrons. The molecule has 0 saturated heterocycles. The van der Waals surface area contributed by atoms with E-state index in [-0.39, 0.29) is 11.6 Å². The van der Waals surface area contributed by atoms with Crippen molar-refractivity contribution in [1.82, 2.24) is 5.32 Å². The van der Waals surface area contributed by atoms with Gasteiger partial charge in [-0.05, 0) is 26.8 Å². The van der Waals surface area contributed by atoms with Crippen LogP contribution >= 0.6 is 0 Å². The molecule has 0 heterocycles. The average Bonchev–Trinajstić information content (AvgIpc) is 2.41. The number of methoxy groups -OCH3 is 2. The average molecular weight is 281 g/mol. The van der Waals surface area contributed by atoms with Crippen LogP contribution in [0.25, 0.3) is 0 Å². The fraction of sp³-hybridized carbons (Fsp3) is 0.625. The SMILES string of the molecule is COCCOC(CNC(C)(C)C)c1ccccc1OC. The Morgan fingerprint density at radius 2 is 1.80 bits per heavy atom. The van der Waals surface area contributed by atoms with Crippen molar-refractivity contribution in [3.63, 3.8) is 0 Å². The van der Waals surface area contributed by atoms with E-state index in [1.54, 1.807) is 14.2 Å². The first kappa shape index (κ1) is 17.0. The number of ether oxygens (including phenoxy) is 3. The molecule has 1 aromatic rings. The zero-order chi connectivity index (χ0) is 15.0. The highest BCUT2D eigenvalue weighted by atomic mass is 16.5. The summed E-state index contributed by atoms with van der Waals surface area (Å²) in [7, 11) is 3.36. The fourth-order valence-electron chi connectivity index (χ4n) is 1.86. The van der Waals surface area contributed by atoms with Crippen LogP contribution in [-0.4, -0.2) is 39.5 Å². The Morgan fingerprint density at radius 3 is 2.40 bits per heavy atom. The summed E-state index contributed by atoms with van der Waals surface area (Å²) in [6.07, 6.45) is -0.0551. The van der Waals surface area contributed by atoms with Crippen molar-refractivity contribution < 1.29 is 14.2 Å². The molecule has 1 rings (SSSR count). The van der Waals surface area contributed by atoms with Gasteiger partial charge in [0.25, 0.3) is 0 Å². The van der Waals surface area contributed by atoms with Crippen molar-refractivity contribution in [2.45, 2.75) is 32.4 Å².